The number of carboxylic acids is 1. The largest absolute Gasteiger partial charge is 0.768 e. The molecule has 164 valence electrons. The van der Waals surface area contributed by atoms with Crippen LogP contribution >= 0.6 is 0 Å². The van der Waals surface area contributed by atoms with Gasteiger partial charge >= 0.3 is 5.97 Å². The van der Waals surface area contributed by atoms with E-state index in [4.69, 9.17) is 5.11 Å². The van der Waals surface area contributed by atoms with E-state index in [-0.39, 0.29) is 16.7 Å². The molecule has 1 aliphatic rings. The van der Waals surface area contributed by atoms with Crippen molar-refractivity contribution in [2.75, 3.05) is 11.9 Å². The smallest absolute Gasteiger partial charge is 0.303 e. The number of hydrogen-bond acceptors (Lipinski definition) is 4. The lowest BCUT2D eigenvalue weighted by atomic mass is 9.81. The van der Waals surface area contributed by atoms with Gasteiger partial charge in [0, 0.05) is 47.3 Å². The summed E-state index contributed by atoms with van der Waals surface area (Å²) in [5.41, 5.74) is 3.64. The molecule has 0 saturated carbocycles. The van der Waals surface area contributed by atoms with Crippen LogP contribution in [0.25, 0.3) is 0 Å². The van der Waals surface area contributed by atoms with E-state index in [9.17, 15) is 13.6 Å². The van der Waals surface area contributed by atoms with Crippen molar-refractivity contribution in [1.82, 2.24) is 0 Å². The number of rotatable bonds is 10. The summed E-state index contributed by atoms with van der Waals surface area (Å²) in [6.07, 6.45) is 6.44. The van der Waals surface area contributed by atoms with E-state index in [2.05, 4.69) is 23.7 Å². The molecule has 2 aromatic rings. The molecule has 0 aromatic heterocycles. The maximum absolute atomic E-state index is 11.5. The Labute approximate surface area is 185 Å². The van der Waals surface area contributed by atoms with Crippen molar-refractivity contribution in [3.05, 3.63) is 66.4 Å². The van der Waals surface area contributed by atoms with E-state index in [0.29, 0.717) is 6.42 Å². The predicted molar refractivity (Wildman–Crippen MR) is 122 cm³/mol. The van der Waals surface area contributed by atoms with Crippen LogP contribution in [-0.4, -0.2) is 36.7 Å². The number of aliphatic carboxylic acids is 1. The first-order valence-electron chi connectivity index (χ1n) is 10.4. The van der Waals surface area contributed by atoms with Crippen LogP contribution in [0.3, 0.4) is 0 Å². The number of nitrogens with one attached hydrogen (secondary N) is 1. The molecule has 3 rings (SSSR count). The second-order valence-electron chi connectivity index (χ2n) is 8.12. The maximum atomic E-state index is 11.5. The molecule has 0 fully saturated rings. The third kappa shape index (κ3) is 5.48. The van der Waals surface area contributed by atoms with Crippen molar-refractivity contribution in [3.8, 4) is 0 Å². The SMILES string of the molecule is CC1(C)C(C=CNc2ccccc2)=[N+](CCCCCC(=O)O)c2ccc(S(=O)[O-])cc21. The Morgan fingerprint density at radius 1 is 1.16 bits per heavy atom. The highest BCUT2D eigenvalue weighted by atomic mass is 32.2. The Bertz CT molecular complexity index is 1030. The van der Waals surface area contributed by atoms with Crippen LogP contribution in [0.4, 0.5) is 11.4 Å². The zero-order chi connectivity index (χ0) is 22.4. The topological polar surface area (TPSA) is 92.5 Å². The molecule has 6 nitrogen and oxygen atoms in total. The van der Waals surface area contributed by atoms with E-state index >= 15 is 0 Å². The number of hydrogen-bond donors (Lipinski definition) is 2. The molecule has 1 unspecified atom stereocenters. The number of benzene rings is 2. The normalized spacial score (nSPS) is 15.8. The minimum Gasteiger partial charge on any atom is -0.768 e. The Morgan fingerprint density at radius 2 is 1.90 bits per heavy atom. The van der Waals surface area contributed by atoms with E-state index in [0.717, 1.165) is 42.0 Å². The molecule has 0 spiro atoms. The highest BCUT2D eigenvalue weighted by Gasteiger charge is 2.44. The van der Waals surface area contributed by atoms with Gasteiger partial charge in [-0.2, -0.15) is 4.58 Å². The highest BCUT2D eigenvalue weighted by Crippen LogP contribution is 2.41. The molecule has 2 aromatic carbocycles. The monoisotopic (exact) mass is 440 g/mol. The molecule has 1 atom stereocenters. The average Bonchev–Trinajstić information content (AvgIpc) is 2.94. The van der Waals surface area contributed by atoms with Gasteiger partial charge in [0.15, 0.2) is 5.71 Å². The van der Waals surface area contributed by atoms with Crippen molar-refractivity contribution >= 4 is 34.1 Å². The van der Waals surface area contributed by atoms with E-state index in [1.807, 2.05) is 48.7 Å². The zero-order valence-electron chi connectivity index (χ0n) is 17.8. The minimum absolute atomic E-state index is 0.179. The van der Waals surface area contributed by atoms with Crippen molar-refractivity contribution in [1.29, 1.82) is 0 Å². The molecule has 0 aliphatic carbocycles. The zero-order valence-corrected chi connectivity index (χ0v) is 18.7. The summed E-state index contributed by atoms with van der Waals surface area (Å²) in [6.45, 7) is 4.92. The number of unbranched alkanes of at least 4 members (excludes halogenated alkanes) is 2. The first-order valence-corrected chi connectivity index (χ1v) is 11.5. The standard InChI is InChI=1S/C24H28N2O4S/c1-24(2)20-17-19(31(29)30)12-13-21(20)26(16-8-4-7-11-23(27)28)22(24)14-15-25-18-9-5-3-6-10-18/h3,5-6,9-10,12-15,17H,4,7-8,11,16H2,1-2H3,(H2,27,28,29,30). The third-order valence-corrected chi connectivity index (χ3v) is 6.23. The summed E-state index contributed by atoms with van der Waals surface area (Å²) in [6, 6.07) is 15.1. The number of allylic oxidation sites excluding steroid dienone is 1. The van der Waals surface area contributed by atoms with Crippen LogP contribution in [-0.2, 0) is 21.3 Å². The van der Waals surface area contributed by atoms with Gasteiger partial charge in [-0.1, -0.05) is 18.2 Å². The number of para-hydroxylation sites is 1. The molecule has 31 heavy (non-hydrogen) atoms. The molecule has 0 bridgehead atoms. The average molecular weight is 441 g/mol. The van der Waals surface area contributed by atoms with E-state index < -0.39 is 17.0 Å². The van der Waals surface area contributed by atoms with Crippen LogP contribution in [0.15, 0.2) is 65.7 Å². The predicted octanol–water partition coefficient (Wildman–Crippen LogP) is 4.57. The highest BCUT2D eigenvalue weighted by molar-refractivity contribution is 7.79. The number of fused-ring (bicyclic) bond motifs is 1. The summed E-state index contributed by atoms with van der Waals surface area (Å²) < 4.78 is 25.2. The summed E-state index contributed by atoms with van der Waals surface area (Å²) in [4.78, 5) is 11.0. The fourth-order valence-electron chi connectivity index (χ4n) is 3.97. The molecule has 0 amide bonds. The minimum atomic E-state index is -2.28. The lowest BCUT2D eigenvalue weighted by Gasteiger charge is -2.16. The van der Waals surface area contributed by atoms with Crippen molar-refractivity contribution < 1.29 is 23.2 Å². The molecule has 1 aliphatic heterocycles. The van der Waals surface area contributed by atoms with Gasteiger partial charge in [-0.05, 0) is 62.0 Å². The van der Waals surface area contributed by atoms with Gasteiger partial charge in [0.25, 0.3) is 0 Å². The summed E-state index contributed by atoms with van der Waals surface area (Å²) in [5, 5.41) is 12.1. The van der Waals surface area contributed by atoms with Crippen LogP contribution in [0.1, 0.15) is 45.1 Å². The first kappa shape index (κ1) is 22.9. The Balaban J connectivity index is 1.88. The summed E-state index contributed by atoms with van der Waals surface area (Å²) in [5.74, 6) is -0.770. The molecular weight excluding hydrogens is 412 g/mol. The van der Waals surface area contributed by atoms with Gasteiger partial charge in [0.1, 0.15) is 6.54 Å². The van der Waals surface area contributed by atoms with Gasteiger partial charge in [0.05, 0.1) is 5.41 Å². The Morgan fingerprint density at radius 3 is 2.58 bits per heavy atom. The quantitative estimate of drug-likeness (QED) is 0.321. The lowest BCUT2D eigenvalue weighted by Crippen LogP contribution is -2.28. The van der Waals surface area contributed by atoms with Crippen LogP contribution in [0.5, 0.6) is 0 Å². The molecule has 0 radical (unpaired) electrons. The van der Waals surface area contributed by atoms with Gasteiger partial charge in [-0.15, -0.1) is 0 Å². The second kappa shape index (κ2) is 10.0. The fraction of sp³-hybridized carbons (Fsp3) is 0.333. The fourth-order valence-corrected chi connectivity index (χ4v) is 4.37. The molecule has 2 N–H and O–H groups in total. The summed E-state index contributed by atoms with van der Waals surface area (Å²) in [7, 11) is 0. The van der Waals surface area contributed by atoms with Crippen molar-refractivity contribution in [2.45, 2.75) is 49.8 Å². The third-order valence-electron chi connectivity index (χ3n) is 5.59. The second-order valence-corrected chi connectivity index (χ2v) is 9.06. The van der Waals surface area contributed by atoms with E-state index in [1.54, 1.807) is 12.1 Å². The molecule has 0 saturated heterocycles. The van der Waals surface area contributed by atoms with Gasteiger partial charge in [-0.3, -0.25) is 9.00 Å². The Hall–Kier alpha value is -2.77. The van der Waals surface area contributed by atoms with Crippen molar-refractivity contribution in [2.24, 2.45) is 0 Å². The van der Waals surface area contributed by atoms with Gasteiger partial charge < -0.3 is 15.0 Å². The van der Waals surface area contributed by atoms with Gasteiger partial charge in [0.2, 0.25) is 5.69 Å². The van der Waals surface area contributed by atoms with Gasteiger partial charge in [-0.25, -0.2) is 0 Å². The van der Waals surface area contributed by atoms with Crippen LogP contribution in [0.2, 0.25) is 0 Å². The summed E-state index contributed by atoms with van der Waals surface area (Å²) >= 11 is -2.28. The number of carbonyl (C=O) groups is 1. The Kier molecular flexibility index (Phi) is 7.41. The molecule has 7 heteroatoms. The van der Waals surface area contributed by atoms with Crippen LogP contribution < -0.4 is 5.32 Å². The number of carboxylic acid groups (broad SMARTS) is 1. The maximum Gasteiger partial charge on any atom is 0.303 e. The first-order chi connectivity index (χ1) is 14.8. The van der Waals surface area contributed by atoms with Crippen LogP contribution in [0, 0.1) is 0 Å². The lowest BCUT2D eigenvalue weighted by molar-refractivity contribution is -0.438. The molecular formula is C24H28N2O4S. The van der Waals surface area contributed by atoms with E-state index in [1.165, 1.54) is 0 Å². The molecule has 1 heterocycles. The van der Waals surface area contributed by atoms with Crippen molar-refractivity contribution in [3.63, 3.8) is 0 Å². The number of nitrogens with zero attached hydrogens (tertiary/aromatic N) is 1. The number of anilines is 1.